The number of hydrogen-bond acceptors (Lipinski definition) is 4. The number of nitrogens with one attached hydrogen (secondary N) is 1. The Kier molecular flexibility index (Phi) is 5.19. The first-order valence-corrected chi connectivity index (χ1v) is 10.6. The quantitative estimate of drug-likeness (QED) is 0.340. The van der Waals surface area contributed by atoms with Gasteiger partial charge in [-0.2, -0.15) is 0 Å². The van der Waals surface area contributed by atoms with E-state index in [0.29, 0.717) is 22.7 Å². The molecule has 4 aromatic rings. The monoisotopic (exact) mass is 467 g/mol. The molecule has 34 heavy (non-hydrogen) atoms. The van der Waals surface area contributed by atoms with Crippen molar-refractivity contribution in [1.29, 1.82) is 0 Å². The van der Waals surface area contributed by atoms with E-state index in [1.165, 1.54) is 12.1 Å². The summed E-state index contributed by atoms with van der Waals surface area (Å²) in [6, 6.07) is 12.9. The third kappa shape index (κ3) is 4.28. The van der Waals surface area contributed by atoms with Crippen molar-refractivity contribution in [2.75, 3.05) is 5.32 Å². The molecule has 1 saturated carbocycles. The molecule has 1 aliphatic carbocycles. The fraction of sp³-hybridized carbons (Fsp3) is 0.200. The second-order valence-corrected chi connectivity index (χ2v) is 8.30. The average molecular weight is 467 g/mol. The number of hydrogen-bond donors (Lipinski definition) is 2. The lowest BCUT2D eigenvalue weighted by atomic mass is 10.0. The first-order valence-electron chi connectivity index (χ1n) is 10.6. The first kappa shape index (κ1) is 21.8. The van der Waals surface area contributed by atoms with Gasteiger partial charge in [-0.25, -0.2) is 9.78 Å². The van der Waals surface area contributed by atoms with Crippen LogP contribution in [-0.4, -0.2) is 27.0 Å². The zero-order valence-corrected chi connectivity index (χ0v) is 18.1. The molecule has 9 heteroatoms. The molecule has 2 heterocycles. The van der Waals surface area contributed by atoms with Gasteiger partial charge in [-0.05, 0) is 54.7 Å². The Balaban J connectivity index is 1.62. The lowest BCUT2D eigenvalue weighted by Gasteiger charge is -2.16. The van der Waals surface area contributed by atoms with Crippen LogP contribution in [0.1, 0.15) is 34.7 Å². The second-order valence-electron chi connectivity index (χ2n) is 8.30. The topological polar surface area (TPSA) is 76.4 Å². The van der Waals surface area contributed by atoms with Crippen molar-refractivity contribution in [2.45, 2.75) is 25.1 Å². The van der Waals surface area contributed by atoms with Gasteiger partial charge in [-0.1, -0.05) is 18.2 Å². The van der Waals surface area contributed by atoms with E-state index in [-0.39, 0.29) is 22.7 Å². The smallest absolute Gasteiger partial charge is 0.478 e. The molecule has 0 bridgehead atoms. The average Bonchev–Trinajstić information content (AvgIpc) is 3.56. The highest BCUT2D eigenvalue weighted by Gasteiger charge is 2.32. The van der Waals surface area contributed by atoms with Crippen molar-refractivity contribution >= 4 is 28.4 Å². The van der Waals surface area contributed by atoms with Crippen molar-refractivity contribution in [3.8, 4) is 16.9 Å². The van der Waals surface area contributed by atoms with Crippen molar-refractivity contribution < 1.29 is 27.8 Å². The zero-order chi connectivity index (χ0) is 24.0. The number of nitrogens with zero attached hydrogens (tertiary/aromatic N) is 2. The third-order valence-corrected chi connectivity index (χ3v) is 5.82. The summed E-state index contributed by atoms with van der Waals surface area (Å²) in [6.45, 7) is 0. The molecule has 0 aliphatic heterocycles. The van der Waals surface area contributed by atoms with Gasteiger partial charge in [-0.3, -0.25) is 0 Å². The third-order valence-electron chi connectivity index (χ3n) is 5.82. The van der Waals surface area contributed by atoms with E-state index in [1.807, 2.05) is 10.6 Å². The number of aryl methyl sites for hydroxylation is 1. The van der Waals surface area contributed by atoms with Gasteiger partial charge in [0.25, 0.3) is 0 Å². The fourth-order valence-corrected chi connectivity index (χ4v) is 4.14. The molecule has 6 nitrogen and oxygen atoms in total. The largest absolute Gasteiger partial charge is 0.573 e. The molecular formula is C25H20F3N3O3. The van der Waals surface area contributed by atoms with Crippen LogP contribution in [-0.2, 0) is 7.05 Å². The minimum absolute atomic E-state index is 0.0416. The van der Waals surface area contributed by atoms with Crippen LogP contribution in [0.2, 0.25) is 0 Å². The van der Waals surface area contributed by atoms with Gasteiger partial charge in [0.05, 0.1) is 5.52 Å². The number of ether oxygens (including phenoxy) is 1. The molecule has 0 atom stereocenters. The molecule has 174 valence electrons. The summed E-state index contributed by atoms with van der Waals surface area (Å²) in [4.78, 5) is 16.2. The van der Waals surface area contributed by atoms with Crippen LogP contribution in [0.15, 0.2) is 60.9 Å². The van der Waals surface area contributed by atoms with E-state index < -0.39 is 12.3 Å². The van der Waals surface area contributed by atoms with Crippen LogP contribution in [0.4, 0.5) is 24.7 Å². The van der Waals surface area contributed by atoms with Crippen molar-refractivity contribution in [2.24, 2.45) is 7.05 Å². The van der Waals surface area contributed by atoms with Crippen LogP contribution in [0.5, 0.6) is 5.75 Å². The maximum Gasteiger partial charge on any atom is 0.573 e. The number of carboxylic acids is 1. The molecule has 0 unspecified atom stereocenters. The molecule has 1 aliphatic rings. The van der Waals surface area contributed by atoms with Crippen molar-refractivity contribution in [3.05, 3.63) is 72.1 Å². The summed E-state index contributed by atoms with van der Waals surface area (Å²) in [7, 11) is 1.80. The summed E-state index contributed by atoms with van der Waals surface area (Å²) >= 11 is 0. The predicted octanol–water partition coefficient (Wildman–Crippen LogP) is 6.46. The molecule has 0 amide bonds. The molecule has 2 aromatic heterocycles. The Morgan fingerprint density at radius 1 is 1.15 bits per heavy atom. The standard InChI is InChI=1S/C25H20F3N3O3/c1-31-9-8-15-10-17(30-23-20(24(32)33)11-16(13-29-23)14-6-7-14)12-19(22(15)31)18-4-2-3-5-21(18)34-25(26,27)28/h2-5,8-14H,6-7H2,1H3,(H,29,30)(H,32,33). The highest BCUT2D eigenvalue weighted by molar-refractivity contribution is 6.00. The molecule has 5 rings (SSSR count). The summed E-state index contributed by atoms with van der Waals surface area (Å²) < 4.78 is 45.2. The van der Waals surface area contributed by atoms with E-state index in [0.717, 1.165) is 23.8 Å². The zero-order valence-electron chi connectivity index (χ0n) is 18.1. The summed E-state index contributed by atoms with van der Waals surface area (Å²) in [5.41, 5.74) is 2.88. The lowest BCUT2D eigenvalue weighted by molar-refractivity contribution is -0.274. The number of anilines is 2. The van der Waals surface area contributed by atoms with Gasteiger partial charge in [0, 0.05) is 41.6 Å². The first-order chi connectivity index (χ1) is 16.2. The number of aromatic nitrogens is 2. The summed E-state index contributed by atoms with van der Waals surface area (Å²) in [6.07, 6.45) is 0.655. The van der Waals surface area contributed by atoms with Crippen molar-refractivity contribution in [3.63, 3.8) is 0 Å². The van der Waals surface area contributed by atoms with E-state index >= 15 is 0 Å². The van der Waals surface area contributed by atoms with Gasteiger partial charge in [0.2, 0.25) is 0 Å². The Morgan fingerprint density at radius 2 is 1.91 bits per heavy atom. The molecular weight excluding hydrogens is 447 g/mol. The Labute approximate surface area is 192 Å². The molecule has 2 aromatic carbocycles. The minimum Gasteiger partial charge on any atom is -0.478 e. The summed E-state index contributed by atoms with van der Waals surface area (Å²) in [5.74, 6) is -0.926. The predicted molar refractivity (Wildman–Crippen MR) is 121 cm³/mol. The lowest BCUT2D eigenvalue weighted by Crippen LogP contribution is -2.17. The number of aromatic carboxylic acids is 1. The van der Waals surface area contributed by atoms with E-state index in [2.05, 4.69) is 15.0 Å². The Hall–Kier alpha value is -4.01. The van der Waals surface area contributed by atoms with Crippen LogP contribution in [0.25, 0.3) is 22.0 Å². The number of benzene rings is 2. The SMILES string of the molecule is Cn1ccc2cc(Nc3ncc(C4CC4)cc3C(=O)O)cc(-c3ccccc3OC(F)(F)F)c21. The molecule has 0 spiro atoms. The molecule has 2 N–H and O–H groups in total. The number of rotatable bonds is 6. The number of pyridine rings is 1. The normalized spacial score (nSPS) is 13.8. The number of fused-ring (bicyclic) bond motifs is 1. The van der Waals surface area contributed by atoms with Gasteiger partial charge < -0.3 is 19.7 Å². The van der Waals surface area contributed by atoms with Crippen LogP contribution in [0.3, 0.4) is 0 Å². The molecule has 0 radical (unpaired) electrons. The number of carbonyl (C=O) groups is 1. The number of carboxylic acid groups (broad SMARTS) is 1. The van der Waals surface area contributed by atoms with Gasteiger partial charge in [0.1, 0.15) is 17.1 Å². The van der Waals surface area contributed by atoms with Gasteiger partial charge in [-0.15, -0.1) is 13.2 Å². The molecule has 0 saturated heterocycles. The fourth-order valence-electron chi connectivity index (χ4n) is 4.14. The van der Waals surface area contributed by atoms with Gasteiger partial charge >= 0.3 is 12.3 Å². The maximum absolute atomic E-state index is 13.0. The van der Waals surface area contributed by atoms with Gasteiger partial charge in [0.15, 0.2) is 0 Å². The van der Waals surface area contributed by atoms with Crippen molar-refractivity contribution in [1.82, 2.24) is 9.55 Å². The van der Waals surface area contributed by atoms with E-state index in [4.69, 9.17) is 0 Å². The second kappa shape index (κ2) is 8.09. The highest BCUT2D eigenvalue weighted by Crippen LogP contribution is 2.42. The van der Waals surface area contributed by atoms with Crippen LogP contribution < -0.4 is 10.1 Å². The number of para-hydroxylation sites is 1. The van der Waals surface area contributed by atoms with E-state index in [1.54, 1.807) is 49.8 Å². The minimum atomic E-state index is -4.84. The Bertz CT molecular complexity index is 1410. The maximum atomic E-state index is 13.0. The number of alkyl halides is 3. The highest BCUT2D eigenvalue weighted by atomic mass is 19.4. The molecule has 1 fully saturated rings. The Morgan fingerprint density at radius 3 is 2.62 bits per heavy atom. The van der Waals surface area contributed by atoms with E-state index in [9.17, 15) is 23.1 Å². The number of halogens is 3. The van der Waals surface area contributed by atoms with Crippen LogP contribution >= 0.6 is 0 Å². The van der Waals surface area contributed by atoms with Crippen LogP contribution in [0, 0.1) is 0 Å². The summed E-state index contributed by atoms with van der Waals surface area (Å²) in [5, 5.41) is 13.5.